The van der Waals surface area contributed by atoms with Gasteiger partial charge in [-0.3, -0.25) is 5.32 Å². The highest BCUT2D eigenvalue weighted by atomic mass is 15.3. The Balaban J connectivity index is 1.28. The first-order valence-corrected chi connectivity index (χ1v) is 11.1. The van der Waals surface area contributed by atoms with Crippen molar-refractivity contribution in [2.45, 2.75) is 44.7 Å². The second-order valence-electron chi connectivity index (χ2n) is 8.29. The number of piperidine rings is 1. The third-order valence-electron chi connectivity index (χ3n) is 6.24. The van der Waals surface area contributed by atoms with Crippen LogP contribution in [0.4, 0.5) is 0 Å². The number of nitrogens with zero attached hydrogens (tertiary/aromatic N) is 4. The van der Waals surface area contributed by atoms with E-state index in [0.29, 0.717) is 6.04 Å². The molecule has 30 heavy (non-hydrogen) atoms. The van der Waals surface area contributed by atoms with Crippen LogP contribution in [0.1, 0.15) is 36.0 Å². The number of benzene rings is 2. The highest BCUT2D eigenvalue weighted by Gasteiger charge is 2.23. The molecule has 0 saturated carbocycles. The Labute approximate surface area is 180 Å². The normalized spacial score (nSPS) is 18.0. The number of guanidine groups is 1. The highest BCUT2D eigenvalue weighted by Crippen LogP contribution is 2.20. The van der Waals surface area contributed by atoms with Crippen molar-refractivity contribution in [1.82, 2.24) is 15.1 Å². The smallest absolute Gasteiger partial charge is 0.207 e. The molecule has 2 heterocycles. The van der Waals surface area contributed by atoms with Crippen molar-refractivity contribution in [3.8, 4) is 6.19 Å². The highest BCUT2D eigenvalue weighted by molar-refractivity contribution is 5.81. The number of hydrogen-bond donors (Lipinski definition) is 1. The van der Waals surface area contributed by atoms with E-state index in [9.17, 15) is 5.26 Å². The molecule has 5 nitrogen and oxygen atoms in total. The van der Waals surface area contributed by atoms with E-state index in [2.05, 4.69) is 75.9 Å². The molecule has 156 valence electrons. The van der Waals surface area contributed by atoms with E-state index in [0.717, 1.165) is 64.4 Å². The summed E-state index contributed by atoms with van der Waals surface area (Å²) in [7, 11) is 0. The molecule has 1 fully saturated rings. The molecular weight excluding hydrogens is 370 g/mol. The fraction of sp³-hybridized carbons (Fsp3) is 0.440. The maximum atomic E-state index is 9.25. The van der Waals surface area contributed by atoms with Gasteiger partial charge in [-0.25, -0.2) is 4.99 Å². The van der Waals surface area contributed by atoms with E-state index >= 15 is 0 Å². The van der Waals surface area contributed by atoms with Crippen LogP contribution < -0.4 is 5.32 Å². The minimum atomic E-state index is 0.295. The quantitative estimate of drug-likeness (QED) is 0.360. The van der Waals surface area contributed by atoms with Crippen LogP contribution in [-0.2, 0) is 19.4 Å². The molecule has 4 rings (SSSR count). The molecule has 0 unspecified atom stereocenters. The lowest BCUT2D eigenvalue weighted by Crippen LogP contribution is -2.44. The van der Waals surface area contributed by atoms with Gasteiger partial charge in [0, 0.05) is 26.2 Å². The van der Waals surface area contributed by atoms with Crippen molar-refractivity contribution < 1.29 is 0 Å². The third kappa shape index (κ3) is 5.40. The van der Waals surface area contributed by atoms with E-state index in [1.807, 2.05) is 0 Å². The molecule has 0 aromatic heterocycles. The summed E-state index contributed by atoms with van der Waals surface area (Å²) < 4.78 is 0. The lowest BCUT2D eigenvalue weighted by atomic mass is 10.0. The molecule has 2 aromatic rings. The fourth-order valence-corrected chi connectivity index (χ4v) is 4.52. The van der Waals surface area contributed by atoms with Gasteiger partial charge in [-0.2, -0.15) is 5.26 Å². The Morgan fingerprint density at radius 1 is 1.00 bits per heavy atom. The van der Waals surface area contributed by atoms with Gasteiger partial charge in [0.1, 0.15) is 0 Å². The van der Waals surface area contributed by atoms with E-state index in [4.69, 9.17) is 4.99 Å². The van der Waals surface area contributed by atoms with Crippen molar-refractivity contribution in [1.29, 1.82) is 5.26 Å². The Kier molecular flexibility index (Phi) is 6.99. The molecule has 0 aliphatic carbocycles. The zero-order chi connectivity index (χ0) is 20.6. The van der Waals surface area contributed by atoms with E-state index in [1.165, 1.54) is 23.1 Å². The predicted molar refractivity (Wildman–Crippen MR) is 121 cm³/mol. The second kappa shape index (κ2) is 10.3. The SMILES string of the molecule is N#CN/C(=N\C1CCN(CCCc2ccccc2)CC1)N1CCc2ccccc2C1. The van der Waals surface area contributed by atoms with Crippen molar-refractivity contribution >= 4 is 5.96 Å². The summed E-state index contributed by atoms with van der Waals surface area (Å²) in [4.78, 5) is 9.75. The van der Waals surface area contributed by atoms with Gasteiger partial charge in [0.15, 0.2) is 6.19 Å². The van der Waals surface area contributed by atoms with Crippen LogP contribution in [0.15, 0.2) is 59.6 Å². The maximum Gasteiger partial charge on any atom is 0.207 e. The van der Waals surface area contributed by atoms with Crippen molar-refractivity contribution in [3.63, 3.8) is 0 Å². The van der Waals surface area contributed by atoms with Crippen molar-refractivity contribution in [2.75, 3.05) is 26.2 Å². The molecular formula is C25H31N5. The van der Waals surface area contributed by atoms with E-state index < -0.39 is 0 Å². The molecule has 2 aliphatic heterocycles. The number of aliphatic imine (C=N–C) groups is 1. The summed E-state index contributed by atoms with van der Waals surface area (Å²) in [6.07, 6.45) is 7.57. The Hall–Kier alpha value is -2.84. The molecule has 2 aliphatic rings. The largest absolute Gasteiger partial charge is 0.337 e. The van der Waals surface area contributed by atoms with Gasteiger partial charge in [0.05, 0.1) is 6.04 Å². The fourth-order valence-electron chi connectivity index (χ4n) is 4.52. The standard InChI is InChI=1S/C25H31N5/c26-20-27-25(30-18-12-22-10-4-5-11-23(22)19-30)28-24-13-16-29(17-14-24)15-6-9-21-7-2-1-3-8-21/h1-5,7-8,10-11,24H,6,9,12-19H2,(H,27,28). The average molecular weight is 402 g/mol. The molecule has 0 bridgehead atoms. The molecule has 1 saturated heterocycles. The lowest BCUT2D eigenvalue weighted by Gasteiger charge is -2.33. The van der Waals surface area contributed by atoms with Crippen molar-refractivity contribution in [2.24, 2.45) is 4.99 Å². The molecule has 0 amide bonds. The monoisotopic (exact) mass is 401 g/mol. The lowest BCUT2D eigenvalue weighted by molar-refractivity contribution is 0.211. The van der Waals surface area contributed by atoms with Gasteiger partial charge in [-0.1, -0.05) is 54.6 Å². The topological polar surface area (TPSA) is 54.7 Å². The Bertz CT molecular complexity index is 878. The molecule has 5 heteroatoms. The summed E-state index contributed by atoms with van der Waals surface area (Å²) in [5.41, 5.74) is 4.17. The van der Waals surface area contributed by atoms with Crippen LogP contribution in [0, 0.1) is 11.5 Å². The van der Waals surface area contributed by atoms with Crippen LogP contribution in [-0.4, -0.2) is 48.0 Å². The summed E-state index contributed by atoms with van der Waals surface area (Å²) in [6, 6.07) is 19.6. The Morgan fingerprint density at radius 3 is 2.50 bits per heavy atom. The number of rotatable bonds is 5. The average Bonchev–Trinajstić information content (AvgIpc) is 2.80. The number of nitriles is 1. The van der Waals surface area contributed by atoms with Crippen LogP contribution in [0.25, 0.3) is 0 Å². The number of hydrogen-bond acceptors (Lipinski definition) is 3. The van der Waals surface area contributed by atoms with Gasteiger partial charge < -0.3 is 9.80 Å². The minimum Gasteiger partial charge on any atom is -0.337 e. The number of nitrogens with one attached hydrogen (secondary N) is 1. The van der Waals surface area contributed by atoms with Gasteiger partial charge >= 0.3 is 0 Å². The molecule has 0 spiro atoms. The number of fused-ring (bicyclic) bond motifs is 1. The first-order valence-electron chi connectivity index (χ1n) is 11.1. The first-order chi connectivity index (χ1) is 14.8. The van der Waals surface area contributed by atoms with Gasteiger partial charge in [0.25, 0.3) is 0 Å². The minimum absolute atomic E-state index is 0.295. The van der Waals surface area contributed by atoms with Crippen molar-refractivity contribution in [3.05, 3.63) is 71.3 Å². The van der Waals surface area contributed by atoms with E-state index in [1.54, 1.807) is 0 Å². The van der Waals surface area contributed by atoms with Gasteiger partial charge in [0.2, 0.25) is 5.96 Å². The maximum absolute atomic E-state index is 9.25. The Morgan fingerprint density at radius 2 is 1.73 bits per heavy atom. The number of likely N-dealkylation sites (tertiary alicyclic amines) is 1. The molecule has 2 aromatic carbocycles. The molecule has 0 atom stereocenters. The summed E-state index contributed by atoms with van der Waals surface area (Å²) in [6.45, 7) is 5.06. The zero-order valence-electron chi connectivity index (χ0n) is 17.6. The second-order valence-corrected chi connectivity index (χ2v) is 8.29. The third-order valence-corrected chi connectivity index (χ3v) is 6.24. The predicted octanol–water partition coefficient (Wildman–Crippen LogP) is 3.57. The first kappa shape index (κ1) is 20.4. The summed E-state index contributed by atoms with van der Waals surface area (Å²) in [5.74, 6) is 0.745. The van der Waals surface area contributed by atoms with Crippen LogP contribution in [0.2, 0.25) is 0 Å². The summed E-state index contributed by atoms with van der Waals surface area (Å²) >= 11 is 0. The van der Waals surface area contributed by atoms with Crippen LogP contribution in [0.5, 0.6) is 0 Å². The van der Waals surface area contributed by atoms with Crippen LogP contribution >= 0.6 is 0 Å². The number of aryl methyl sites for hydroxylation is 1. The van der Waals surface area contributed by atoms with Gasteiger partial charge in [-0.15, -0.1) is 0 Å². The van der Waals surface area contributed by atoms with Crippen LogP contribution in [0.3, 0.4) is 0 Å². The summed E-state index contributed by atoms with van der Waals surface area (Å²) in [5, 5.41) is 12.1. The zero-order valence-corrected chi connectivity index (χ0v) is 17.6. The molecule has 0 radical (unpaired) electrons. The molecule has 1 N–H and O–H groups in total. The van der Waals surface area contributed by atoms with E-state index in [-0.39, 0.29) is 0 Å². The van der Waals surface area contributed by atoms with Gasteiger partial charge in [-0.05, 0) is 55.3 Å².